The molecule has 1 aromatic carbocycles. The molecule has 1 aromatic heterocycles. The smallest absolute Gasteiger partial charge is 0.205 e. The molecule has 0 saturated heterocycles. The highest BCUT2D eigenvalue weighted by Crippen LogP contribution is 2.33. The number of carbonyl (C=O) groups excluding carboxylic acids is 1. The molecule has 6 heteroatoms. The third kappa shape index (κ3) is 2.71. The minimum Gasteiger partial charge on any atom is -0.288 e. The Balaban J connectivity index is 2.43. The summed E-state index contributed by atoms with van der Waals surface area (Å²) in [7, 11) is 0. The molecule has 17 heavy (non-hydrogen) atoms. The Morgan fingerprint density at radius 3 is 2.53 bits per heavy atom. The topological polar surface area (TPSA) is 17.1 Å². The van der Waals surface area contributed by atoms with Crippen LogP contribution >= 0.6 is 50.5 Å². The molecule has 0 saturated carbocycles. The van der Waals surface area contributed by atoms with Crippen LogP contribution in [0.5, 0.6) is 0 Å². The van der Waals surface area contributed by atoms with Crippen molar-refractivity contribution in [1.82, 2.24) is 0 Å². The van der Waals surface area contributed by atoms with Gasteiger partial charge in [0, 0.05) is 5.02 Å². The zero-order valence-electron chi connectivity index (χ0n) is 8.14. The van der Waals surface area contributed by atoms with Crippen molar-refractivity contribution < 1.29 is 9.18 Å². The lowest BCUT2D eigenvalue weighted by Crippen LogP contribution is -2.01. The van der Waals surface area contributed by atoms with Crippen molar-refractivity contribution >= 4 is 56.3 Å². The van der Waals surface area contributed by atoms with E-state index in [0.29, 0.717) is 13.7 Å². The lowest BCUT2D eigenvalue weighted by atomic mass is 10.1. The van der Waals surface area contributed by atoms with Gasteiger partial charge in [0.25, 0.3) is 0 Å². The summed E-state index contributed by atoms with van der Waals surface area (Å²) in [6.07, 6.45) is 0. The number of carbonyl (C=O) groups is 1. The zero-order chi connectivity index (χ0) is 12.6. The molecule has 2 aromatic rings. The van der Waals surface area contributed by atoms with Crippen molar-refractivity contribution in [2.75, 3.05) is 0 Å². The second-order valence-corrected chi connectivity index (χ2v) is 6.40. The van der Waals surface area contributed by atoms with Crippen molar-refractivity contribution in [2.24, 2.45) is 0 Å². The number of benzene rings is 1. The lowest BCUT2D eigenvalue weighted by Gasteiger charge is -2.00. The van der Waals surface area contributed by atoms with Crippen molar-refractivity contribution in [3.05, 3.63) is 54.4 Å². The van der Waals surface area contributed by atoms with Crippen LogP contribution in [0.2, 0.25) is 10.0 Å². The number of thiophene rings is 1. The quantitative estimate of drug-likeness (QED) is 0.679. The van der Waals surface area contributed by atoms with Crippen LogP contribution in [0.1, 0.15) is 15.2 Å². The molecule has 0 radical (unpaired) electrons. The first-order valence-electron chi connectivity index (χ1n) is 4.43. The van der Waals surface area contributed by atoms with E-state index in [9.17, 15) is 9.18 Å². The van der Waals surface area contributed by atoms with Gasteiger partial charge in [0.15, 0.2) is 0 Å². The molecule has 0 atom stereocenters. The van der Waals surface area contributed by atoms with Crippen LogP contribution in [0.4, 0.5) is 4.39 Å². The van der Waals surface area contributed by atoms with Gasteiger partial charge in [0.2, 0.25) is 5.78 Å². The summed E-state index contributed by atoms with van der Waals surface area (Å²) < 4.78 is 14.2. The molecule has 0 spiro atoms. The van der Waals surface area contributed by atoms with E-state index in [1.807, 2.05) is 0 Å². The van der Waals surface area contributed by atoms with Crippen LogP contribution in [0.3, 0.4) is 0 Å². The number of ketones is 1. The van der Waals surface area contributed by atoms with Crippen LogP contribution in [-0.4, -0.2) is 5.78 Å². The van der Waals surface area contributed by atoms with E-state index in [0.717, 1.165) is 6.07 Å². The Morgan fingerprint density at radius 1 is 1.29 bits per heavy atom. The number of hydrogen-bond donors (Lipinski definition) is 0. The monoisotopic (exact) mass is 352 g/mol. The molecule has 0 fully saturated rings. The van der Waals surface area contributed by atoms with E-state index in [-0.39, 0.29) is 10.6 Å². The molecule has 1 nitrogen and oxygen atoms in total. The minimum absolute atomic E-state index is 0.0141. The van der Waals surface area contributed by atoms with E-state index in [2.05, 4.69) is 15.9 Å². The van der Waals surface area contributed by atoms with E-state index < -0.39 is 11.6 Å². The molecule has 0 amide bonds. The van der Waals surface area contributed by atoms with E-state index >= 15 is 0 Å². The van der Waals surface area contributed by atoms with Gasteiger partial charge in [-0.3, -0.25) is 4.79 Å². The van der Waals surface area contributed by atoms with Crippen molar-refractivity contribution in [2.45, 2.75) is 0 Å². The summed E-state index contributed by atoms with van der Waals surface area (Å²) >= 11 is 15.8. The van der Waals surface area contributed by atoms with Crippen LogP contribution in [0, 0.1) is 5.82 Å². The van der Waals surface area contributed by atoms with E-state index in [4.69, 9.17) is 23.2 Å². The Labute approximate surface area is 119 Å². The van der Waals surface area contributed by atoms with Gasteiger partial charge in [0.1, 0.15) is 5.82 Å². The fraction of sp³-hybridized carbons (Fsp3) is 0. The summed E-state index contributed by atoms with van der Waals surface area (Å²) in [5.41, 5.74) is -0.0141. The molecular weight excluding hydrogens is 350 g/mol. The van der Waals surface area contributed by atoms with Crippen LogP contribution in [0.15, 0.2) is 28.1 Å². The Kier molecular flexibility index (Phi) is 3.88. The van der Waals surface area contributed by atoms with Gasteiger partial charge in [-0.2, -0.15) is 0 Å². The van der Waals surface area contributed by atoms with Crippen molar-refractivity contribution in [3.63, 3.8) is 0 Å². The first-order valence-corrected chi connectivity index (χ1v) is 6.80. The molecule has 0 aliphatic carbocycles. The summed E-state index contributed by atoms with van der Waals surface area (Å²) in [5, 5.41) is 0.692. The third-order valence-corrected chi connectivity index (χ3v) is 4.75. The zero-order valence-corrected chi connectivity index (χ0v) is 12.1. The van der Waals surface area contributed by atoms with Crippen LogP contribution in [0.25, 0.3) is 0 Å². The highest BCUT2D eigenvalue weighted by molar-refractivity contribution is 9.11. The predicted octanol–water partition coefficient (Wildman–Crippen LogP) is 5.19. The number of hydrogen-bond acceptors (Lipinski definition) is 2. The average Bonchev–Trinajstić information content (AvgIpc) is 2.58. The number of rotatable bonds is 2. The summed E-state index contributed by atoms with van der Waals surface area (Å²) in [4.78, 5) is 12.4. The van der Waals surface area contributed by atoms with Gasteiger partial charge >= 0.3 is 0 Å². The highest BCUT2D eigenvalue weighted by Gasteiger charge is 2.17. The van der Waals surface area contributed by atoms with Gasteiger partial charge < -0.3 is 0 Å². The molecular formula is C11H4BrCl2FOS. The maximum atomic E-state index is 13.5. The van der Waals surface area contributed by atoms with Gasteiger partial charge in [-0.1, -0.05) is 23.2 Å². The van der Waals surface area contributed by atoms with Gasteiger partial charge in [-0.15, -0.1) is 11.3 Å². The van der Waals surface area contributed by atoms with E-state index in [1.54, 1.807) is 0 Å². The number of halogens is 4. The first-order chi connectivity index (χ1) is 7.99. The highest BCUT2D eigenvalue weighted by atomic mass is 79.9. The molecule has 88 valence electrons. The molecule has 0 unspecified atom stereocenters. The predicted molar refractivity (Wildman–Crippen MR) is 71.9 cm³/mol. The Morgan fingerprint density at radius 2 is 2.00 bits per heavy atom. The summed E-state index contributed by atoms with van der Waals surface area (Å²) in [6, 6.07) is 5.45. The maximum Gasteiger partial charge on any atom is 0.205 e. The normalized spacial score (nSPS) is 10.6. The van der Waals surface area contributed by atoms with Crippen LogP contribution < -0.4 is 0 Å². The van der Waals surface area contributed by atoms with Crippen molar-refractivity contribution in [3.8, 4) is 0 Å². The summed E-state index contributed by atoms with van der Waals surface area (Å²) in [5.74, 6) is -1.04. The van der Waals surface area contributed by atoms with Crippen molar-refractivity contribution in [1.29, 1.82) is 0 Å². The molecule has 2 rings (SSSR count). The molecule has 0 aliphatic heterocycles. The SMILES string of the molecule is O=C(c1cc(Cl)c(Br)s1)c1ccc(Cl)cc1F. The molecule has 1 heterocycles. The molecule has 0 bridgehead atoms. The van der Waals surface area contributed by atoms with Gasteiger partial charge in [-0.25, -0.2) is 4.39 Å². The van der Waals surface area contributed by atoms with Gasteiger partial charge in [0.05, 0.1) is 19.2 Å². The Hall–Kier alpha value is -0.420. The largest absolute Gasteiger partial charge is 0.288 e. The van der Waals surface area contributed by atoms with Gasteiger partial charge in [-0.05, 0) is 40.2 Å². The second kappa shape index (κ2) is 5.06. The second-order valence-electron chi connectivity index (χ2n) is 3.19. The average molecular weight is 354 g/mol. The standard InChI is InChI=1S/C11H4BrCl2FOS/c12-11-7(14)4-9(17-11)10(16)6-2-1-5(13)3-8(6)15/h1-4H. The van der Waals surface area contributed by atoms with E-state index in [1.165, 1.54) is 29.5 Å². The third-order valence-electron chi connectivity index (χ3n) is 2.04. The molecule has 0 aliphatic rings. The summed E-state index contributed by atoms with van der Waals surface area (Å²) in [6.45, 7) is 0. The Bertz CT molecular complexity index is 578. The molecule has 0 N–H and O–H groups in total. The fourth-order valence-electron chi connectivity index (χ4n) is 1.26. The maximum absolute atomic E-state index is 13.5. The first kappa shape index (κ1) is 13.0. The lowest BCUT2D eigenvalue weighted by molar-refractivity contribution is 0.103. The fourth-order valence-corrected chi connectivity index (χ4v) is 3.08. The van der Waals surface area contributed by atoms with Crippen LogP contribution in [-0.2, 0) is 0 Å². The minimum atomic E-state index is -0.636.